The third-order valence-electron chi connectivity index (χ3n) is 10.4. The van der Waals surface area contributed by atoms with Gasteiger partial charge >= 0.3 is 0 Å². The summed E-state index contributed by atoms with van der Waals surface area (Å²) < 4.78 is 0. The van der Waals surface area contributed by atoms with Crippen LogP contribution in [-0.2, 0) is 5.41 Å². The van der Waals surface area contributed by atoms with Crippen molar-refractivity contribution < 1.29 is 0 Å². The molecule has 0 saturated carbocycles. The lowest BCUT2D eigenvalue weighted by atomic mass is 9.82. The Kier molecular flexibility index (Phi) is 7.83. The molecule has 1 aliphatic rings. The molecule has 0 aliphatic heterocycles. The highest BCUT2D eigenvalue weighted by Gasteiger charge is 2.36. The molecule has 1 aliphatic carbocycles. The normalized spacial score (nSPS) is 12.5. The Morgan fingerprint density at radius 2 is 0.811 bits per heavy atom. The largest absolute Gasteiger partial charge is 0.238 e. The van der Waals surface area contributed by atoms with Crippen LogP contribution in [0.2, 0.25) is 0 Å². The van der Waals surface area contributed by atoms with Crippen LogP contribution in [0, 0.1) is 6.57 Å². The van der Waals surface area contributed by atoms with Crippen molar-refractivity contribution in [3.63, 3.8) is 0 Å². The van der Waals surface area contributed by atoms with Crippen LogP contribution >= 0.6 is 0 Å². The minimum absolute atomic E-state index is 0.151. The van der Waals surface area contributed by atoms with Crippen molar-refractivity contribution in [1.29, 1.82) is 0 Å². The molecule has 0 spiro atoms. The average Bonchev–Trinajstić information content (AvgIpc) is 3.47. The summed E-state index contributed by atoms with van der Waals surface area (Å²) in [4.78, 5) is 18.7. The fourth-order valence-electron chi connectivity index (χ4n) is 7.54. The van der Waals surface area contributed by atoms with Crippen LogP contribution in [0.4, 0.5) is 5.69 Å². The molecule has 8 aromatic rings. The molecule has 0 N–H and O–H groups in total. The molecule has 1 heterocycles. The SMILES string of the molecule is [C-]#[N+]c1cccc2c1-c1cc(-c3cccc(-c4ccc(-c5nc(-c6ccccc6)nc(-c6ccc(-c7ccccc7)cc6)n5)cc4)c3)ccc1C2(C)C. The first-order valence-electron chi connectivity index (χ1n) is 17.8. The quantitative estimate of drug-likeness (QED) is 0.164. The minimum Gasteiger partial charge on any atom is -0.238 e. The molecule has 0 unspecified atom stereocenters. The standard InChI is InChI=1S/C49H34N4/c1-49(2)42-29-28-40(31-41(42)45-43(49)18-11-19-44(45)50-3)39-17-10-16-38(30-39)34-22-26-37(27-23-34)48-52-46(35-14-8-5-9-15-35)51-47(53-48)36-24-20-33(21-25-36)32-12-6-4-7-13-32/h4-31H,1-2H3. The predicted molar refractivity (Wildman–Crippen MR) is 216 cm³/mol. The highest BCUT2D eigenvalue weighted by atomic mass is 15.0. The number of hydrogen-bond acceptors (Lipinski definition) is 3. The Morgan fingerprint density at radius 1 is 0.396 bits per heavy atom. The zero-order valence-electron chi connectivity index (χ0n) is 29.5. The number of rotatable bonds is 6. The van der Waals surface area contributed by atoms with Gasteiger partial charge < -0.3 is 0 Å². The maximum atomic E-state index is 7.84. The van der Waals surface area contributed by atoms with Gasteiger partial charge in [0.15, 0.2) is 23.2 Å². The molecule has 0 amide bonds. The van der Waals surface area contributed by atoms with Gasteiger partial charge in [0.1, 0.15) is 0 Å². The van der Waals surface area contributed by atoms with E-state index in [4.69, 9.17) is 21.5 Å². The maximum Gasteiger partial charge on any atom is 0.195 e. The Balaban J connectivity index is 1.05. The molecule has 7 aromatic carbocycles. The third kappa shape index (κ3) is 5.79. The summed E-state index contributed by atoms with van der Waals surface area (Å²) in [6.07, 6.45) is 0. The molecule has 0 radical (unpaired) electrons. The second kappa shape index (κ2) is 13.0. The molecule has 0 bridgehead atoms. The average molecular weight is 679 g/mol. The first-order chi connectivity index (χ1) is 26.0. The van der Waals surface area contributed by atoms with Gasteiger partial charge in [-0.1, -0.05) is 172 Å². The monoisotopic (exact) mass is 678 g/mol. The first kappa shape index (κ1) is 32.0. The molecule has 250 valence electrons. The van der Waals surface area contributed by atoms with Gasteiger partial charge in [0.05, 0.1) is 6.57 Å². The summed E-state index contributed by atoms with van der Waals surface area (Å²) in [5.41, 5.74) is 14.9. The predicted octanol–water partition coefficient (Wildman–Crippen LogP) is 12.7. The number of aromatic nitrogens is 3. The van der Waals surface area contributed by atoms with E-state index in [1.54, 1.807) is 0 Å². The number of fused-ring (bicyclic) bond motifs is 3. The molecular formula is C49H34N4. The molecular weight excluding hydrogens is 645 g/mol. The molecule has 4 nitrogen and oxygen atoms in total. The highest BCUT2D eigenvalue weighted by Crippen LogP contribution is 2.53. The smallest absolute Gasteiger partial charge is 0.195 e. The van der Waals surface area contributed by atoms with E-state index in [0.717, 1.165) is 55.6 Å². The number of benzene rings is 7. The van der Waals surface area contributed by atoms with Crippen LogP contribution in [0.1, 0.15) is 25.0 Å². The molecule has 1 aromatic heterocycles. The lowest BCUT2D eigenvalue weighted by Gasteiger charge is -2.21. The zero-order valence-corrected chi connectivity index (χ0v) is 29.5. The van der Waals surface area contributed by atoms with E-state index in [2.05, 4.69) is 140 Å². The van der Waals surface area contributed by atoms with E-state index in [-0.39, 0.29) is 5.41 Å². The van der Waals surface area contributed by atoms with Gasteiger partial charge in [-0.2, -0.15) is 0 Å². The summed E-state index contributed by atoms with van der Waals surface area (Å²) in [6, 6.07) is 58.7. The Bertz CT molecular complexity index is 2670. The molecule has 0 atom stereocenters. The van der Waals surface area contributed by atoms with Gasteiger partial charge in [-0.25, -0.2) is 19.8 Å². The van der Waals surface area contributed by atoms with Crippen molar-refractivity contribution in [2.45, 2.75) is 19.3 Å². The molecule has 4 heteroatoms. The molecule has 0 fully saturated rings. The van der Waals surface area contributed by atoms with Crippen molar-refractivity contribution in [3.8, 4) is 78.7 Å². The van der Waals surface area contributed by atoms with Gasteiger partial charge in [0, 0.05) is 22.1 Å². The number of hydrogen-bond donors (Lipinski definition) is 0. The summed E-state index contributed by atoms with van der Waals surface area (Å²) in [5.74, 6) is 1.90. The van der Waals surface area contributed by atoms with Crippen molar-refractivity contribution in [2.75, 3.05) is 0 Å². The van der Waals surface area contributed by atoms with Crippen molar-refractivity contribution in [2.24, 2.45) is 0 Å². The van der Waals surface area contributed by atoms with Crippen molar-refractivity contribution in [3.05, 3.63) is 192 Å². The zero-order chi connectivity index (χ0) is 35.9. The van der Waals surface area contributed by atoms with Gasteiger partial charge in [0.25, 0.3) is 0 Å². The van der Waals surface area contributed by atoms with E-state index in [1.165, 1.54) is 16.7 Å². The first-order valence-corrected chi connectivity index (χ1v) is 17.8. The van der Waals surface area contributed by atoms with Crippen LogP contribution in [0.15, 0.2) is 170 Å². The van der Waals surface area contributed by atoms with Crippen LogP contribution < -0.4 is 0 Å². The van der Waals surface area contributed by atoms with Gasteiger partial charge in [-0.15, -0.1) is 0 Å². The van der Waals surface area contributed by atoms with Crippen LogP contribution in [0.5, 0.6) is 0 Å². The van der Waals surface area contributed by atoms with Crippen LogP contribution in [-0.4, -0.2) is 15.0 Å². The van der Waals surface area contributed by atoms with Gasteiger partial charge in [-0.05, 0) is 67.8 Å². The van der Waals surface area contributed by atoms with Crippen molar-refractivity contribution in [1.82, 2.24) is 15.0 Å². The summed E-state index contributed by atoms with van der Waals surface area (Å²) in [5, 5.41) is 0. The fraction of sp³-hybridized carbons (Fsp3) is 0.0612. The fourth-order valence-corrected chi connectivity index (χ4v) is 7.54. The number of nitrogens with zero attached hydrogens (tertiary/aromatic N) is 4. The van der Waals surface area contributed by atoms with E-state index < -0.39 is 0 Å². The maximum absolute atomic E-state index is 7.84. The minimum atomic E-state index is -0.151. The molecule has 0 saturated heterocycles. The van der Waals surface area contributed by atoms with Gasteiger partial charge in [0.2, 0.25) is 0 Å². The van der Waals surface area contributed by atoms with E-state index in [9.17, 15) is 0 Å². The second-order valence-corrected chi connectivity index (χ2v) is 14.0. The van der Waals surface area contributed by atoms with Crippen molar-refractivity contribution >= 4 is 5.69 Å². The molecule has 53 heavy (non-hydrogen) atoms. The van der Waals surface area contributed by atoms with Gasteiger partial charge in [-0.3, -0.25) is 0 Å². The topological polar surface area (TPSA) is 43.0 Å². The third-order valence-corrected chi connectivity index (χ3v) is 10.4. The van der Waals surface area contributed by atoms with E-state index in [1.807, 2.05) is 48.5 Å². The Morgan fingerprint density at radius 3 is 1.40 bits per heavy atom. The summed E-state index contributed by atoms with van der Waals surface area (Å²) in [7, 11) is 0. The lowest BCUT2D eigenvalue weighted by Crippen LogP contribution is -2.14. The Labute approximate surface area is 310 Å². The summed E-state index contributed by atoms with van der Waals surface area (Å²) >= 11 is 0. The lowest BCUT2D eigenvalue weighted by molar-refractivity contribution is 0.660. The van der Waals surface area contributed by atoms with Crippen LogP contribution in [0.25, 0.3) is 83.5 Å². The van der Waals surface area contributed by atoms with Crippen LogP contribution in [0.3, 0.4) is 0 Å². The Hall–Kier alpha value is -6.96. The van der Waals surface area contributed by atoms with E-state index >= 15 is 0 Å². The van der Waals surface area contributed by atoms with E-state index in [0.29, 0.717) is 23.2 Å². The second-order valence-electron chi connectivity index (χ2n) is 14.0. The summed E-state index contributed by atoms with van der Waals surface area (Å²) in [6.45, 7) is 12.3. The molecule has 9 rings (SSSR count). The highest BCUT2D eigenvalue weighted by molar-refractivity contribution is 5.92.